The molecule has 0 aromatic heterocycles. The van der Waals surface area contributed by atoms with Crippen LogP contribution in [0.25, 0.3) is 0 Å². The van der Waals surface area contributed by atoms with Gasteiger partial charge in [-0.05, 0) is 38.6 Å². The van der Waals surface area contributed by atoms with Crippen LogP contribution in [0.3, 0.4) is 0 Å². The molecule has 2 fully saturated rings. The molecular weight excluding hydrogens is 204 g/mol. The molecule has 0 radical (unpaired) electrons. The minimum absolute atomic E-state index is 0.183. The van der Waals surface area contributed by atoms with Gasteiger partial charge in [-0.25, -0.2) is 0 Å². The number of amides is 1. The Morgan fingerprint density at radius 3 is 3.00 bits per heavy atom. The Hall–Kier alpha value is -0.610. The minimum Gasteiger partial charge on any atom is -0.378 e. The predicted octanol–water partition coefficient (Wildman–Crippen LogP) is 0.814. The van der Waals surface area contributed by atoms with Crippen LogP contribution >= 0.6 is 0 Å². The van der Waals surface area contributed by atoms with E-state index in [4.69, 9.17) is 4.74 Å². The van der Waals surface area contributed by atoms with Crippen LogP contribution in [0.4, 0.5) is 0 Å². The molecule has 2 aliphatic heterocycles. The van der Waals surface area contributed by atoms with Crippen LogP contribution in [-0.2, 0) is 9.53 Å². The number of carbonyl (C=O) groups is 1. The molecular formula is C12H22N2O2. The minimum atomic E-state index is 0.183. The van der Waals surface area contributed by atoms with Crippen molar-refractivity contribution in [2.75, 3.05) is 19.7 Å². The van der Waals surface area contributed by atoms with Crippen LogP contribution < -0.4 is 10.6 Å². The highest BCUT2D eigenvalue weighted by Gasteiger charge is 2.18. The first-order valence-electron chi connectivity index (χ1n) is 6.46. The molecule has 0 saturated carbocycles. The standard InChI is InChI=1S/C12H22N2O2/c15-12(14-10-6-7-13-9-10)5-4-11-3-1-2-8-16-11/h10-11,13H,1-9H2,(H,14,15)/t10-,11?/m0/s1. The van der Waals surface area contributed by atoms with Gasteiger partial charge in [-0.1, -0.05) is 0 Å². The van der Waals surface area contributed by atoms with Crippen molar-refractivity contribution < 1.29 is 9.53 Å². The number of hydrogen-bond acceptors (Lipinski definition) is 3. The van der Waals surface area contributed by atoms with E-state index in [0.29, 0.717) is 18.6 Å². The maximum Gasteiger partial charge on any atom is 0.220 e. The fourth-order valence-corrected chi connectivity index (χ4v) is 2.40. The smallest absolute Gasteiger partial charge is 0.220 e. The number of ether oxygens (including phenoxy) is 1. The van der Waals surface area contributed by atoms with Crippen molar-refractivity contribution in [3.8, 4) is 0 Å². The van der Waals surface area contributed by atoms with Crippen molar-refractivity contribution in [2.45, 2.75) is 50.7 Å². The van der Waals surface area contributed by atoms with Crippen LogP contribution in [-0.4, -0.2) is 37.7 Å². The van der Waals surface area contributed by atoms with Gasteiger partial charge in [-0.15, -0.1) is 0 Å². The average Bonchev–Trinajstić information content (AvgIpc) is 2.81. The molecule has 0 aromatic rings. The average molecular weight is 226 g/mol. The molecule has 2 rings (SSSR count). The fourth-order valence-electron chi connectivity index (χ4n) is 2.40. The Morgan fingerprint density at radius 1 is 1.38 bits per heavy atom. The Kier molecular flexibility index (Phi) is 4.60. The van der Waals surface area contributed by atoms with E-state index in [-0.39, 0.29) is 5.91 Å². The Bertz CT molecular complexity index is 221. The van der Waals surface area contributed by atoms with Gasteiger partial charge < -0.3 is 15.4 Å². The van der Waals surface area contributed by atoms with Crippen LogP contribution in [0.5, 0.6) is 0 Å². The third-order valence-electron chi connectivity index (χ3n) is 3.39. The maximum atomic E-state index is 11.6. The SMILES string of the molecule is O=C(CCC1CCCCO1)N[C@H]1CCNC1. The molecule has 2 aliphatic rings. The van der Waals surface area contributed by atoms with Crippen molar-refractivity contribution in [2.24, 2.45) is 0 Å². The Labute approximate surface area is 97.1 Å². The zero-order valence-corrected chi connectivity index (χ0v) is 9.84. The molecule has 2 atom stereocenters. The van der Waals surface area contributed by atoms with E-state index in [1.807, 2.05) is 0 Å². The first-order chi connectivity index (χ1) is 7.84. The normalized spacial score (nSPS) is 30.2. The molecule has 0 aliphatic carbocycles. The highest BCUT2D eigenvalue weighted by molar-refractivity contribution is 5.76. The van der Waals surface area contributed by atoms with E-state index in [2.05, 4.69) is 10.6 Å². The van der Waals surface area contributed by atoms with Crippen LogP contribution in [0.1, 0.15) is 38.5 Å². The number of carbonyl (C=O) groups excluding carboxylic acids is 1. The zero-order chi connectivity index (χ0) is 11.2. The van der Waals surface area contributed by atoms with Gasteiger partial charge >= 0.3 is 0 Å². The number of rotatable bonds is 4. The molecule has 1 unspecified atom stereocenters. The van der Waals surface area contributed by atoms with Crippen molar-refractivity contribution in [1.82, 2.24) is 10.6 Å². The molecule has 16 heavy (non-hydrogen) atoms. The van der Waals surface area contributed by atoms with E-state index < -0.39 is 0 Å². The van der Waals surface area contributed by atoms with Gasteiger partial charge in [0.25, 0.3) is 0 Å². The summed E-state index contributed by atoms with van der Waals surface area (Å²) in [6, 6.07) is 0.347. The maximum absolute atomic E-state index is 11.6. The molecule has 2 saturated heterocycles. The molecule has 4 heteroatoms. The van der Waals surface area contributed by atoms with Crippen LogP contribution in [0.2, 0.25) is 0 Å². The van der Waals surface area contributed by atoms with Crippen molar-refractivity contribution in [3.63, 3.8) is 0 Å². The van der Waals surface area contributed by atoms with Gasteiger partial charge in [-0.2, -0.15) is 0 Å². The van der Waals surface area contributed by atoms with Crippen LogP contribution in [0, 0.1) is 0 Å². The van der Waals surface area contributed by atoms with E-state index in [1.165, 1.54) is 12.8 Å². The molecule has 4 nitrogen and oxygen atoms in total. The van der Waals surface area contributed by atoms with E-state index in [1.54, 1.807) is 0 Å². The van der Waals surface area contributed by atoms with Gasteiger partial charge in [-0.3, -0.25) is 4.79 Å². The lowest BCUT2D eigenvalue weighted by atomic mass is 10.0. The fraction of sp³-hybridized carbons (Fsp3) is 0.917. The highest BCUT2D eigenvalue weighted by Crippen LogP contribution is 2.16. The first-order valence-corrected chi connectivity index (χ1v) is 6.46. The zero-order valence-electron chi connectivity index (χ0n) is 9.84. The predicted molar refractivity (Wildman–Crippen MR) is 62.2 cm³/mol. The lowest BCUT2D eigenvalue weighted by Crippen LogP contribution is -2.36. The summed E-state index contributed by atoms with van der Waals surface area (Å²) >= 11 is 0. The van der Waals surface area contributed by atoms with Gasteiger partial charge in [0, 0.05) is 25.6 Å². The second-order valence-corrected chi connectivity index (χ2v) is 4.78. The third kappa shape index (κ3) is 3.76. The first kappa shape index (κ1) is 11.9. The summed E-state index contributed by atoms with van der Waals surface area (Å²) in [5.41, 5.74) is 0. The number of hydrogen-bond donors (Lipinski definition) is 2. The summed E-state index contributed by atoms with van der Waals surface area (Å²) in [6.07, 6.45) is 6.42. The van der Waals surface area contributed by atoms with Crippen molar-refractivity contribution >= 4 is 5.91 Å². The summed E-state index contributed by atoms with van der Waals surface area (Å²) < 4.78 is 5.61. The van der Waals surface area contributed by atoms with Gasteiger partial charge in [0.15, 0.2) is 0 Å². The molecule has 0 bridgehead atoms. The summed E-state index contributed by atoms with van der Waals surface area (Å²) in [6.45, 7) is 2.82. The monoisotopic (exact) mass is 226 g/mol. The van der Waals surface area contributed by atoms with E-state index >= 15 is 0 Å². The third-order valence-corrected chi connectivity index (χ3v) is 3.39. The molecule has 2 N–H and O–H groups in total. The summed E-state index contributed by atoms with van der Waals surface area (Å²) in [7, 11) is 0. The van der Waals surface area contributed by atoms with Crippen LogP contribution in [0.15, 0.2) is 0 Å². The van der Waals surface area contributed by atoms with Gasteiger partial charge in [0.05, 0.1) is 6.10 Å². The van der Waals surface area contributed by atoms with Crippen molar-refractivity contribution in [3.05, 3.63) is 0 Å². The van der Waals surface area contributed by atoms with Gasteiger partial charge in [0.1, 0.15) is 0 Å². The summed E-state index contributed by atoms with van der Waals surface area (Å²) in [4.78, 5) is 11.6. The molecule has 2 heterocycles. The summed E-state index contributed by atoms with van der Waals surface area (Å²) in [5.74, 6) is 0.183. The lowest BCUT2D eigenvalue weighted by molar-refractivity contribution is -0.122. The Balaban J connectivity index is 1.59. The van der Waals surface area contributed by atoms with E-state index in [0.717, 1.165) is 39.0 Å². The van der Waals surface area contributed by atoms with Crippen molar-refractivity contribution in [1.29, 1.82) is 0 Å². The van der Waals surface area contributed by atoms with Gasteiger partial charge in [0.2, 0.25) is 5.91 Å². The molecule has 1 amide bonds. The highest BCUT2D eigenvalue weighted by atomic mass is 16.5. The second kappa shape index (κ2) is 6.21. The second-order valence-electron chi connectivity index (χ2n) is 4.78. The topological polar surface area (TPSA) is 50.4 Å². The molecule has 0 aromatic carbocycles. The molecule has 92 valence electrons. The van der Waals surface area contributed by atoms with E-state index in [9.17, 15) is 4.79 Å². The largest absolute Gasteiger partial charge is 0.378 e. The Morgan fingerprint density at radius 2 is 2.31 bits per heavy atom. The lowest BCUT2D eigenvalue weighted by Gasteiger charge is -2.22. The summed E-state index contributed by atoms with van der Waals surface area (Å²) in [5, 5.41) is 6.31. The molecule has 0 spiro atoms. The quantitative estimate of drug-likeness (QED) is 0.746. The number of nitrogens with one attached hydrogen (secondary N) is 2.